The summed E-state index contributed by atoms with van der Waals surface area (Å²) in [5.74, 6) is -3.13. The minimum absolute atomic E-state index is 0.0482. The number of nitrogens with zero attached hydrogens (tertiary/aromatic N) is 3. The lowest BCUT2D eigenvalue weighted by Crippen LogP contribution is -2.05. The molecular formula is C14H9ClF3N3. The predicted octanol–water partition coefficient (Wildman–Crippen LogP) is 3.89. The van der Waals surface area contributed by atoms with Crippen LogP contribution in [0.15, 0.2) is 24.4 Å². The Hall–Kier alpha value is -2.08. The van der Waals surface area contributed by atoms with Gasteiger partial charge in [-0.25, -0.2) is 23.1 Å². The van der Waals surface area contributed by atoms with Crippen molar-refractivity contribution in [2.24, 2.45) is 0 Å². The molecular weight excluding hydrogens is 303 g/mol. The van der Waals surface area contributed by atoms with E-state index in [1.165, 1.54) is 10.8 Å². The van der Waals surface area contributed by atoms with E-state index < -0.39 is 17.5 Å². The Morgan fingerprint density at radius 2 is 2.00 bits per heavy atom. The first-order chi connectivity index (χ1) is 10.0. The Kier molecular flexibility index (Phi) is 3.33. The van der Waals surface area contributed by atoms with Crippen molar-refractivity contribution < 1.29 is 13.2 Å². The number of hydrogen-bond donors (Lipinski definition) is 0. The molecule has 2 heterocycles. The molecule has 0 saturated heterocycles. The van der Waals surface area contributed by atoms with Gasteiger partial charge in [0.2, 0.25) is 0 Å². The molecule has 0 unspecified atom stereocenters. The highest BCUT2D eigenvalue weighted by molar-refractivity contribution is 6.17. The van der Waals surface area contributed by atoms with Crippen molar-refractivity contribution in [3.8, 4) is 5.69 Å². The van der Waals surface area contributed by atoms with Gasteiger partial charge in [-0.2, -0.15) is 0 Å². The molecule has 0 radical (unpaired) electrons. The third-order valence-electron chi connectivity index (χ3n) is 3.15. The zero-order chi connectivity index (χ0) is 15.1. The van der Waals surface area contributed by atoms with Gasteiger partial charge in [-0.3, -0.25) is 4.57 Å². The van der Waals surface area contributed by atoms with Crippen molar-refractivity contribution in [2.75, 3.05) is 0 Å². The Bertz CT molecular complexity index is 845. The summed E-state index contributed by atoms with van der Waals surface area (Å²) in [5.41, 5.74) is 1.32. The highest BCUT2D eigenvalue weighted by Gasteiger charge is 2.20. The second-order valence-corrected chi connectivity index (χ2v) is 4.79. The number of hydrogen-bond acceptors (Lipinski definition) is 2. The molecule has 0 amide bonds. The maximum absolute atomic E-state index is 14.0. The summed E-state index contributed by atoms with van der Waals surface area (Å²) in [6.45, 7) is 1.81. The largest absolute Gasteiger partial charge is 0.276 e. The van der Waals surface area contributed by atoms with Crippen LogP contribution in [0.2, 0.25) is 0 Å². The second kappa shape index (κ2) is 5.04. The number of pyridine rings is 1. The second-order valence-electron chi connectivity index (χ2n) is 4.52. The molecule has 3 aromatic rings. The zero-order valence-electron chi connectivity index (χ0n) is 10.9. The molecule has 0 bridgehead atoms. The molecule has 0 atom stereocenters. The van der Waals surface area contributed by atoms with Crippen LogP contribution >= 0.6 is 11.6 Å². The third-order valence-corrected chi connectivity index (χ3v) is 3.39. The summed E-state index contributed by atoms with van der Waals surface area (Å²) in [7, 11) is 0. The fourth-order valence-corrected chi connectivity index (χ4v) is 2.37. The minimum Gasteiger partial charge on any atom is -0.276 e. The lowest BCUT2D eigenvalue weighted by molar-refractivity contribution is 0.490. The summed E-state index contributed by atoms with van der Waals surface area (Å²) in [6.07, 6.45) is 1.52. The van der Waals surface area contributed by atoms with E-state index in [1.807, 2.05) is 6.92 Å². The average Bonchev–Trinajstić information content (AvgIpc) is 2.83. The van der Waals surface area contributed by atoms with Crippen molar-refractivity contribution >= 4 is 22.8 Å². The minimum atomic E-state index is -1.28. The van der Waals surface area contributed by atoms with Crippen molar-refractivity contribution in [3.05, 3.63) is 53.2 Å². The molecule has 21 heavy (non-hydrogen) atoms. The van der Waals surface area contributed by atoms with Gasteiger partial charge in [0.25, 0.3) is 0 Å². The Morgan fingerprint density at radius 1 is 1.24 bits per heavy atom. The van der Waals surface area contributed by atoms with Crippen LogP contribution in [0.5, 0.6) is 0 Å². The molecule has 2 aromatic heterocycles. The van der Waals surface area contributed by atoms with Crippen LogP contribution in [0.1, 0.15) is 11.4 Å². The highest BCUT2D eigenvalue weighted by atomic mass is 35.5. The molecule has 1 aromatic carbocycles. The van der Waals surface area contributed by atoms with E-state index >= 15 is 0 Å². The fraction of sp³-hybridized carbons (Fsp3) is 0.143. The van der Waals surface area contributed by atoms with Gasteiger partial charge in [0.1, 0.15) is 17.2 Å². The van der Waals surface area contributed by atoms with Crippen molar-refractivity contribution in [1.82, 2.24) is 14.5 Å². The number of benzene rings is 1. The van der Waals surface area contributed by atoms with Crippen molar-refractivity contribution in [3.63, 3.8) is 0 Å². The predicted molar refractivity (Wildman–Crippen MR) is 73.0 cm³/mol. The number of rotatable bonds is 2. The molecule has 0 aliphatic rings. The first-order valence-corrected chi connectivity index (χ1v) is 6.60. The van der Waals surface area contributed by atoms with Gasteiger partial charge in [0, 0.05) is 18.3 Å². The monoisotopic (exact) mass is 311 g/mol. The SMILES string of the molecule is Cc1ccnc2c1nc(CCl)n2-c1cc(F)cc(F)c1F. The van der Waals surface area contributed by atoms with Gasteiger partial charge < -0.3 is 0 Å². The van der Waals surface area contributed by atoms with Crippen LogP contribution in [0.25, 0.3) is 16.9 Å². The van der Waals surface area contributed by atoms with E-state index in [-0.39, 0.29) is 17.4 Å². The Labute approximate surface area is 123 Å². The summed E-state index contributed by atoms with van der Waals surface area (Å²) >= 11 is 5.82. The summed E-state index contributed by atoms with van der Waals surface area (Å²) in [6, 6.07) is 3.11. The van der Waals surface area contributed by atoms with Crippen LogP contribution in [-0.4, -0.2) is 14.5 Å². The molecule has 7 heteroatoms. The fourth-order valence-electron chi connectivity index (χ4n) is 2.19. The normalized spacial score (nSPS) is 11.3. The average molecular weight is 312 g/mol. The van der Waals surface area contributed by atoms with Crippen LogP contribution in [0.4, 0.5) is 13.2 Å². The van der Waals surface area contributed by atoms with Gasteiger partial charge >= 0.3 is 0 Å². The standard InChI is InChI=1S/C14H9ClF3N3/c1-7-2-3-19-14-13(7)20-11(6-15)21(14)10-5-8(16)4-9(17)12(10)18/h2-5H,6H2,1H3. The molecule has 3 rings (SSSR count). The van der Waals surface area contributed by atoms with E-state index in [1.54, 1.807) is 6.07 Å². The number of fused-ring (bicyclic) bond motifs is 1. The van der Waals surface area contributed by atoms with Crippen LogP contribution < -0.4 is 0 Å². The number of aromatic nitrogens is 3. The van der Waals surface area contributed by atoms with Crippen LogP contribution in [0.3, 0.4) is 0 Å². The maximum Gasteiger partial charge on any atom is 0.183 e. The lowest BCUT2D eigenvalue weighted by Gasteiger charge is -2.09. The smallest absolute Gasteiger partial charge is 0.183 e. The molecule has 108 valence electrons. The van der Waals surface area contributed by atoms with Gasteiger partial charge in [-0.1, -0.05) is 0 Å². The molecule has 0 N–H and O–H groups in total. The van der Waals surface area contributed by atoms with Gasteiger partial charge in [0.15, 0.2) is 17.3 Å². The topological polar surface area (TPSA) is 30.7 Å². The number of aryl methyl sites for hydroxylation is 1. The lowest BCUT2D eigenvalue weighted by atomic mass is 10.2. The zero-order valence-corrected chi connectivity index (χ0v) is 11.6. The molecule has 0 aliphatic heterocycles. The molecule has 0 saturated carbocycles. The first kappa shape index (κ1) is 13.9. The molecule has 0 spiro atoms. The van der Waals surface area contributed by atoms with E-state index in [2.05, 4.69) is 9.97 Å². The van der Waals surface area contributed by atoms with Gasteiger partial charge in [0.05, 0.1) is 11.6 Å². The number of imidazole rings is 1. The van der Waals surface area contributed by atoms with E-state index in [4.69, 9.17) is 11.6 Å². The summed E-state index contributed by atoms with van der Waals surface area (Å²) in [4.78, 5) is 8.38. The Balaban J connectivity index is 2.42. The third kappa shape index (κ3) is 2.15. The molecule has 0 aliphatic carbocycles. The summed E-state index contributed by atoms with van der Waals surface area (Å²) in [5, 5.41) is 0. The quantitative estimate of drug-likeness (QED) is 0.531. The highest BCUT2D eigenvalue weighted by Crippen LogP contribution is 2.26. The van der Waals surface area contributed by atoms with Crippen LogP contribution in [0, 0.1) is 24.4 Å². The molecule has 0 fully saturated rings. The number of alkyl halides is 1. The van der Waals surface area contributed by atoms with E-state index in [0.717, 1.165) is 11.6 Å². The molecule has 3 nitrogen and oxygen atoms in total. The first-order valence-electron chi connectivity index (χ1n) is 6.06. The van der Waals surface area contributed by atoms with Crippen molar-refractivity contribution in [1.29, 1.82) is 0 Å². The number of halogens is 4. The van der Waals surface area contributed by atoms with Gasteiger partial charge in [-0.05, 0) is 18.6 Å². The maximum atomic E-state index is 14.0. The van der Waals surface area contributed by atoms with Crippen molar-refractivity contribution in [2.45, 2.75) is 12.8 Å². The summed E-state index contributed by atoms with van der Waals surface area (Å²) < 4.78 is 42.1. The van der Waals surface area contributed by atoms with E-state index in [9.17, 15) is 13.2 Å². The van der Waals surface area contributed by atoms with Gasteiger partial charge in [-0.15, -0.1) is 11.6 Å². The van der Waals surface area contributed by atoms with E-state index in [0.29, 0.717) is 17.2 Å². The van der Waals surface area contributed by atoms with Crippen LogP contribution in [-0.2, 0) is 5.88 Å². The Morgan fingerprint density at radius 3 is 2.71 bits per heavy atom.